The van der Waals surface area contributed by atoms with E-state index in [0.717, 1.165) is 45.2 Å². The molecule has 0 radical (unpaired) electrons. The lowest BCUT2D eigenvalue weighted by atomic mass is 10.1. The fourth-order valence-corrected chi connectivity index (χ4v) is 4.77. The maximum atomic E-state index is 13.6. The quantitative estimate of drug-likeness (QED) is 0.577. The highest BCUT2D eigenvalue weighted by Crippen LogP contribution is 2.27. The molecule has 1 amide bonds. The van der Waals surface area contributed by atoms with Crippen molar-refractivity contribution >= 4 is 33.1 Å². The molecule has 0 spiro atoms. The third-order valence-corrected chi connectivity index (χ3v) is 7.09. The van der Waals surface area contributed by atoms with Gasteiger partial charge in [0.15, 0.2) is 0 Å². The van der Waals surface area contributed by atoms with Crippen molar-refractivity contribution in [2.45, 2.75) is 61.1 Å². The van der Waals surface area contributed by atoms with Gasteiger partial charge in [0.25, 0.3) is 5.56 Å². The van der Waals surface area contributed by atoms with Gasteiger partial charge in [-0.25, -0.2) is 4.98 Å². The molecule has 1 aromatic carbocycles. The summed E-state index contributed by atoms with van der Waals surface area (Å²) < 4.78 is 1.58. The van der Waals surface area contributed by atoms with E-state index in [9.17, 15) is 9.59 Å². The van der Waals surface area contributed by atoms with Gasteiger partial charge in [0, 0.05) is 10.6 Å². The van der Waals surface area contributed by atoms with Gasteiger partial charge in [-0.05, 0) is 70.5 Å². The number of aryl methyl sites for hydroxylation is 4. The fourth-order valence-electron chi connectivity index (χ4n) is 3.73. The molecule has 1 N–H and O–H groups in total. The molecule has 1 atom stereocenters. The Kier molecular flexibility index (Phi) is 6.96. The number of benzene rings is 1. The van der Waals surface area contributed by atoms with Gasteiger partial charge in [-0.1, -0.05) is 26.0 Å². The van der Waals surface area contributed by atoms with Gasteiger partial charge in [-0.3, -0.25) is 19.1 Å². The summed E-state index contributed by atoms with van der Waals surface area (Å²) in [4.78, 5) is 35.7. The zero-order valence-corrected chi connectivity index (χ0v) is 20.3. The van der Waals surface area contributed by atoms with E-state index in [1.54, 1.807) is 22.8 Å². The van der Waals surface area contributed by atoms with Gasteiger partial charge >= 0.3 is 0 Å². The molecule has 3 aromatic rings. The van der Waals surface area contributed by atoms with Crippen LogP contribution in [-0.2, 0) is 11.3 Å². The van der Waals surface area contributed by atoms with Crippen LogP contribution in [0.5, 0.6) is 0 Å². The second-order valence-electron chi connectivity index (χ2n) is 8.11. The maximum Gasteiger partial charge on any atom is 0.263 e. The molecule has 0 saturated heterocycles. The molecule has 6 nitrogen and oxygen atoms in total. The zero-order valence-electron chi connectivity index (χ0n) is 19.5. The largest absolute Gasteiger partial charge is 0.324 e. The van der Waals surface area contributed by atoms with Gasteiger partial charge in [0.2, 0.25) is 5.91 Å². The van der Waals surface area contributed by atoms with E-state index in [2.05, 4.69) is 24.1 Å². The number of hydrogen-bond donors (Lipinski definition) is 1. The van der Waals surface area contributed by atoms with Crippen LogP contribution in [0.2, 0.25) is 0 Å². The number of carbonyl (C=O) groups is 1. The standard InChI is InChI=1S/C24H32N4O2S/c1-8-27(9-2)13-20-26-23-21(16(5)18(7)31-23)24(30)28(20)17(6)22(29)25-19-12-14(3)10-11-15(19)4/h10-12,17H,8-9,13H2,1-7H3,(H,25,29). The maximum absolute atomic E-state index is 13.6. The molecule has 0 aliphatic carbocycles. The average molecular weight is 441 g/mol. The van der Waals surface area contributed by atoms with Crippen LogP contribution in [0.1, 0.15) is 54.2 Å². The lowest BCUT2D eigenvalue weighted by molar-refractivity contribution is -0.119. The molecule has 0 fully saturated rings. The predicted molar refractivity (Wildman–Crippen MR) is 129 cm³/mol. The summed E-state index contributed by atoms with van der Waals surface area (Å²) in [6, 6.07) is 5.27. The van der Waals surface area contributed by atoms with Crippen LogP contribution in [-0.4, -0.2) is 33.4 Å². The second-order valence-corrected chi connectivity index (χ2v) is 9.31. The number of anilines is 1. The number of aromatic nitrogens is 2. The monoisotopic (exact) mass is 440 g/mol. The van der Waals surface area contributed by atoms with Crippen molar-refractivity contribution in [3.8, 4) is 0 Å². The van der Waals surface area contributed by atoms with E-state index in [1.165, 1.54) is 0 Å². The SMILES string of the molecule is CCN(CC)Cc1nc2sc(C)c(C)c2c(=O)n1C(C)C(=O)Nc1cc(C)ccc1C. The molecule has 0 aliphatic rings. The molecule has 0 bridgehead atoms. The molecule has 0 saturated carbocycles. The number of hydrogen-bond acceptors (Lipinski definition) is 5. The number of nitrogens with zero attached hydrogens (tertiary/aromatic N) is 3. The Morgan fingerprint density at radius 2 is 1.87 bits per heavy atom. The van der Waals surface area contributed by atoms with Gasteiger partial charge in [-0.2, -0.15) is 0 Å². The van der Waals surface area contributed by atoms with E-state index in [1.807, 2.05) is 45.9 Å². The number of rotatable bonds is 7. The minimum absolute atomic E-state index is 0.141. The molecular formula is C24H32N4O2S. The third kappa shape index (κ3) is 4.57. The van der Waals surface area contributed by atoms with Crippen molar-refractivity contribution < 1.29 is 4.79 Å². The highest BCUT2D eigenvalue weighted by molar-refractivity contribution is 7.18. The summed E-state index contributed by atoms with van der Waals surface area (Å²) in [5.41, 5.74) is 3.63. The highest BCUT2D eigenvalue weighted by Gasteiger charge is 2.25. The first-order chi connectivity index (χ1) is 14.7. The van der Waals surface area contributed by atoms with E-state index in [0.29, 0.717) is 17.8 Å². The van der Waals surface area contributed by atoms with E-state index >= 15 is 0 Å². The van der Waals surface area contributed by atoms with Gasteiger partial charge in [-0.15, -0.1) is 11.3 Å². The summed E-state index contributed by atoms with van der Waals surface area (Å²) in [5.74, 6) is 0.411. The summed E-state index contributed by atoms with van der Waals surface area (Å²) in [6.07, 6.45) is 0. The molecule has 2 aromatic heterocycles. The van der Waals surface area contributed by atoms with Crippen LogP contribution in [0.4, 0.5) is 5.69 Å². The Hall–Kier alpha value is -2.51. The fraction of sp³-hybridized carbons (Fsp3) is 0.458. The molecule has 3 rings (SSSR count). The van der Waals surface area contributed by atoms with Crippen LogP contribution in [0.3, 0.4) is 0 Å². The Morgan fingerprint density at radius 1 is 1.19 bits per heavy atom. The second kappa shape index (κ2) is 9.32. The summed E-state index contributed by atoms with van der Waals surface area (Å²) in [5, 5.41) is 3.64. The third-order valence-electron chi connectivity index (χ3n) is 5.99. The number of fused-ring (bicyclic) bond motifs is 1. The van der Waals surface area contributed by atoms with Crippen molar-refractivity contribution in [3.63, 3.8) is 0 Å². The Morgan fingerprint density at radius 3 is 2.52 bits per heavy atom. The lowest BCUT2D eigenvalue weighted by Gasteiger charge is -2.23. The molecule has 0 aliphatic heterocycles. The van der Waals surface area contributed by atoms with Crippen LogP contribution in [0.25, 0.3) is 10.2 Å². The lowest BCUT2D eigenvalue weighted by Crippen LogP contribution is -2.37. The molecule has 7 heteroatoms. The van der Waals surface area contributed by atoms with Crippen LogP contribution >= 0.6 is 11.3 Å². The summed E-state index contributed by atoms with van der Waals surface area (Å²) >= 11 is 1.54. The summed E-state index contributed by atoms with van der Waals surface area (Å²) in [6.45, 7) is 16.1. The number of amides is 1. The zero-order chi connectivity index (χ0) is 22.9. The van der Waals surface area contributed by atoms with Crippen molar-refractivity contribution in [3.05, 3.63) is 55.9 Å². The van der Waals surface area contributed by atoms with Crippen molar-refractivity contribution in [1.82, 2.24) is 14.5 Å². The molecule has 31 heavy (non-hydrogen) atoms. The van der Waals surface area contributed by atoms with Crippen molar-refractivity contribution in [2.24, 2.45) is 0 Å². The topological polar surface area (TPSA) is 67.2 Å². The first kappa shape index (κ1) is 23.2. The average Bonchev–Trinajstić information content (AvgIpc) is 3.02. The van der Waals surface area contributed by atoms with Crippen LogP contribution in [0.15, 0.2) is 23.0 Å². The minimum Gasteiger partial charge on any atom is -0.324 e. The Bertz CT molecular complexity index is 1170. The predicted octanol–water partition coefficient (Wildman–Crippen LogP) is 4.73. The number of nitrogens with one attached hydrogen (secondary N) is 1. The van der Waals surface area contributed by atoms with Crippen LogP contribution < -0.4 is 10.9 Å². The van der Waals surface area contributed by atoms with Gasteiger partial charge in [0.1, 0.15) is 16.7 Å². The van der Waals surface area contributed by atoms with E-state index < -0.39 is 6.04 Å². The first-order valence-electron chi connectivity index (χ1n) is 10.8. The number of thiophene rings is 1. The van der Waals surface area contributed by atoms with Crippen LogP contribution in [0, 0.1) is 27.7 Å². The molecule has 1 unspecified atom stereocenters. The van der Waals surface area contributed by atoms with Gasteiger partial charge in [0.05, 0.1) is 11.9 Å². The van der Waals surface area contributed by atoms with Gasteiger partial charge < -0.3 is 5.32 Å². The Labute approximate surface area is 187 Å². The minimum atomic E-state index is -0.686. The smallest absolute Gasteiger partial charge is 0.263 e. The van der Waals surface area contributed by atoms with E-state index in [4.69, 9.17) is 4.98 Å². The molecule has 166 valence electrons. The molecular weight excluding hydrogens is 408 g/mol. The first-order valence-corrected chi connectivity index (χ1v) is 11.6. The molecule has 2 heterocycles. The Balaban J connectivity index is 2.10. The normalized spacial score (nSPS) is 12.5. The van der Waals surface area contributed by atoms with Crippen molar-refractivity contribution in [2.75, 3.05) is 18.4 Å². The highest BCUT2D eigenvalue weighted by atomic mass is 32.1. The number of carbonyl (C=O) groups excluding carboxylic acids is 1. The van der Waals surface area contributed by atoms with E-state index in [-0.39, 0.29) is 11.5 Å². The van der Waals surface area contributed by atoms with Crippen molar-refractivity contribution in [1.29, 1.82) is 0 Å². The summed E-state index contributed by atoms with van der Waals surface area (Å²) in [7, 11) is 0.